The molecular weight excluding hydrogens is 396 g/mol. The third-order valence-corrected chi connectivity index (χ3v) is 5.09. The van der Waals surface area contributed by atoms with Crippen molar-refractivity contribution in [3.8, 4) is 11.3 Å². The van der Waals surface area contributed by atoms with E-state index in [-0.39, 0.29) is 17.8 Å². The zero-order chi connectivity index (χ0) is 20.5. The van der Waals surface area contributed by atoms with E-state index in [1.54, 1.807) is 0 Å². The summed E-state index contributed by atoms with van der Waals surface area (Å²) < 4.78 is 6.14. The number of nitrogens with one attached hydrogen (secondary N) is 1. The number of aryl methyl sites for hydroxylation is 1. The van der Waals surface area contributed by atoms with Crippen LogP contribution in [0.15, 0.2) is 57.1 Å². The number of nitro benzene ring substituents is 1. The van der Waals surface area contributed by atoms with Crippen molar-refractivity contribution >= 4 is 39.2 Å². The number of benzene rings is 2. The minimum absolute atomic E-state index is 0.0492. The molecule has 0 spiro atoms. The average Bonchev–Trinajstić information content (AvgIpc) is 3.26. The molecule has 0 atom stereocenters. The van der Waals surface area contributed by atoms with Gasteiger partial charge in [-0.2, -0.15) is 0 Å². The predicted octanol–water partition coefficient (Wildman–Crippen LogP) is 3.57. The molecular formula is C19H14N4O5S. The Balaban J connectivity index is 1.54. The van der Waals surface area contributed by atoms with E-state index in [0.717, 1.165) is 27.5 Å². The summed E-state index contributed by atoms with van der Waals surface area (Å²) in [6.07, 6.45) is 0. The number of thiazole rings is 1. The van der Waals surface area contributed by atoms with Crippen LogP contribution in [-0.2, 0) is 11.3 Å². The summed E-state index contributed by atoms with van der Waals surface area (Å²) in [5, 5.41) is 15.8. The Morgan fingerprint density at radius 2 is 2.10 bits per heavy atom. The van der Waals surface area contributed by atoms with Gasteiger partial charge in [0.05, 0.1) is 22.2 Å². The molecule has 1 amide bonds. The van der Waals surface area contributed by atoms with Gasteiger partial charge in [-0.15, -0.1) is 11.3 Å². The molecule has 146 valence electrons. The molecule has 1 N–H and O–H groups in total. The molecule has 2 heterocycles. The molecule has 0 aliphatic rings. The molecule has 0 fully saturated rings. The molecule has 2 aromatic heterocycles. The van der Waals surface area contributed by atoms with Gasteiger partial charge in [0.2, 0.25) is 5.91 Å². The molecule has 0 aliphatic heterocycles. The minimum Gasteiger partial charge on any atom is -0.407 e. The summed E-state index contributed by atoms with van der Waals surface area (Å²) in [7, 11) is 0. The fraction of sp³-hybridized carbons (Fsp3) is 0.105. The van der Waals surface area contributed by atoms with Gasteiger partial charge in [0.25, 0.3) is 5.69 Å². The maximum atomic E-state index is 12.4. The summed E-state index contributed by atoms with van der Waals surface area (Å²) >= 11 is 1.28. The van der Waals surface area contributed by atoms with Gasteiger partial charge in [0.1, 0.15) is 6.54 Å². The van der Waals surface area contributed by atoms with Crippen LogP contribution in [0.3, 0.4) is 0 Å². The normalized spacial score (nSPS) is 10.9. The monoisotopic (exact) mass is 410 g/mol. The molecule has 29 heavy (non-hydrogen) atoms. The summed E-state index contributed by atoms with van der Waals surface area (Å²) in [6, 6.07) is 11.6. The maximum absolute atomic E-state index is 12.4. The van der Waals surface area contributed by atoms with Crippen LogP contribution in [0.4, 0.5) is 10.8 Å². The molecule has 4 rings (SSSR count). The topological polar surface area (TPSA) is 120 Å². The second-order valence-corrected chi connectivity index (χ2v) is 7.12. The third-order valence-electron chi connectivity index (χ3n) is 4.34. The summed E-state index contributed by atoms with van der Waals surface area (Å²) in [5.41, 5.74) is 2.95. The van der Waals surface area contributed by atoms with Crippen molar-refractivity contribution in [1.29, 1.82) is 0 Å². The number of non-ortho nitro benzene ring substituents is 1. The Kier molecular flexibility index (Phi) is 4.69. The molecule has 4 aromatic rings. The Morgan fingerprint density at radius 3 is 2.86 bits per heavy atom. The van der Waals surface area contributed by atoms with E-state index in [1.807, 2.05) is 36.6 Å². The number of aromatic nitrogens is 2. The Hall–Kier alpha value is -3.79. The number of fused-ring (bicyclic) bond motifs is 1. The quantitative estimate of drug-likeness (QED) is 0.397. The van der Waals surface area contributed by atoms with E-state index in [1.165, 1.54) is 23.5 Å². The Morgan fingerprint density at radius 1 is 1.31 bits per heavy atom. The van der Waals surface area contributed by atoms with Gasteiger partial charge in [-0.1, -0.05) is 24.3 Å². The number of nitro groups is 1. The first-order chi connectivity index (χ1) is 13.9. The Labute approximate surface area is 167 Å². The summed E-state index contributed by atoms with van der Waals surface area (Å²) in [4.78, 5) is 39.2. The molecule has 9 nitrogen and oxygen atoms in total. The van der Waals surface area contributed by atoms with Crippen molar-refractivity contribution in [2.24, 2.45) is 0 Å². The van der Waals surface area contributed by atoms with Gasteiger partial charge in [-0.05, 0) is 18.6 Å². The molecule has 0 radical (unpaired) electrons. The summed E-state index contributed by atoms with van der Waals surface area (Å²) in [6.45, 7) is 1.68. The first-order valence-corrected chi connectivity index (χ1v) is 9.39. The van der Waals surface area contributed by atoms with Crippen molar-refractivity contribution < 1.29 is 14.1 Å². The van der Waals surface area contributed by atoms with Crippen molar-refractivity contribution in [2.45, 2.75) is 13.5 Å². The molecule has 0 saturated heterocycles. The number of anilines is 1. The van der Waals surface area contributed by atoms with Crippen molar-refractivity contribution in [1.82, 2.24) is 9.55 Å². The van der Waals surface area contributed by atoms with Gasteiger partial charge >= 0.3 is 5.76 Å². The second kappa shape index (κ2) is 7.32. The number of oxazole rings is 1. The number of hydrogen-bond acceptors (Lipinski definition) is 7. The average molecular weight is 410 g/mol. The lowest BCUT2D eigenvalue weighted by molar-refractivity contribution is -0.384. The first kappa shape index (κ1) is 18.6. The van der Waals surface area contributed by atoms with Crippen LogP contribution in [0.5, 0.6) is 0 Å². The largest absolute Gasteiger partial charge is 0.420 e. The van der Waals surface area contributed by atoms with Gasteiger partial charge in [0.15, 0.2) is 10.7 Å². The van der Waals surface area contributed by atoms with Gasteiger partial charge in [-0.3, -0.25) is 19.5 Å². The molecule has 0 saturated carbocycles. The summed E-state index contributed by atoms with van der Waals surface area (Å²) in [5.74, 6) is -1.23. The van der Waals surface area contributed by atoms with Crippen LogP contribution in [0.1, 0.15) is 5.56 Å². The zero-order valence-electron chi connectivity index (χ0n) is 15.1. The standard InChI is InChI=1S/C19H14N4O5S/c1-11-4-2-3-5-13(11)14-10-29-18(20-14)21-17(24)9-22-15-7-6-12(23(26)27)8-16(15)28-19(22)25/h2-8,10H,9H2,1H3,(H,20,21,24). The lowest BCUT2D eigenvalue weighted by Crippen LogP contribution is -2.24. The molecule has 2 aromatic carbocycles. The lowest BCUT2D eigenvalue weighted by Gasteiger charge is -2.03. The van der Waals surface area contributed by atoms with E-state index in [2.05, 4.69) is 10.3 Å². The van der Waals surface area contributed by atoms with E-state index >= 15 is 0 Å². The highest BCUT2D eigenvalue weighted by Gasteiger charge is 2.17. The number of hydrogen-bond donors (Lipinski definition) is 1. The highest BCUT2D eigenvalue weighted by molar-refractivity contribution is 7.14. The fourth-order valence-corrected chi connectivity index (χ4v) is 3.66. The smallest absolute Gasteiger partial charge is 0.407 e. The van der Waals surface area contributed by atoms with Crippen LogP contribution >= 0.6 is 11.3 Å². The van der Waals surface area contributed by atoms with Crippen LogP contribution in [0.2, 0.25) is 0 Å². The van der Waals surface area contributed by atoms with E-state index in [4.69, 9.17) is 4.42 Å². The van der Waals surface area contributed by atoms with Crippen molar-refractivity contribution in [3.05, 3.63) is 74.1 Å². The highest BCUT2D eigenvalue weighted by atomic mass is 32.1. The van der Waals surface area contributed by atoms with Crippen LogP contribution in [0.25, 0.3) is 22.4 Å². The third kappa shape index (κ3) is 3.65. The molecule has 0 unspecified atom stereocenters. The number of carbonyl (C=O) groups excluding carboxylic acids is 1. The predicted molar refractivity (Wildman–Crippen MR) is 108 cm³/mol. The van der Waals surface area contributed by atoms with Crippen LogP contribution in [-0.4, -0.2) is 20.4 Å². The Bertz CT molecular complexity index is 1300. The van der Waals surface area contributed by atoms with E-state index in [9.17, 15) is 19.7 Å². The number of carbonyl (C=O) groups is 1. The van der Waals surface area contributed by atoms with Crippen molar-refractivity contribution in [3.63, 3.8) is 0 Å². The van der Waals surface area contributed by atoms with Crippen LogP contribution in [0, 0.1) is 17.0 Å². The van der Waals surface area contributed by atoms with Gasteiger partial charge in [-0.25, -0.2) is 9.78 Å². The first-order valence-electron chi connectivity index (χ1n) is 8.51. The molecule has 0 bridgehead atoms. The number of amides is 1. The minimum atomic E-state index is -0.768. The van der Waals surface area contributed by atoms with E-state index in [0.29, 0.717) is 10.6 Å². The zero-order valence-corrected chi connectivity index (χ0v) is 15.9. The van der Waals surface area contributed by atoms with Gasteiger partial charge in [0, 0.05) is 17.0 Å². The van der Waals surface area contributed by atoms with Crippen molar-refractivity contribution in [2.75, 3.05) is 5.32 Å². The molecule has 10 heteroatoms. The fourth-order valence-electron chi connectivity index (χ4n) is 2.94. The number of rotatable bonds is 5. The molecule has 0 aliphatic carbocycles. The lowest BCUT2D eigenvalue weighted by atomic mass is 10.1. The second-order valence-electron chi connectivity index (χ2n) is 6.26. The van der Waals surface area contributed by atoms with Gasteiger partial charge < -0.3 is 9.73 Å². The van der Waals surface area contributed by atoms with Crippen LogP contribution < -0.4 is 11.1 Å². The number of nitrogens with zero attached hydrogens (tertiary/aromatic N) is 3. The highest BCUT2D eigenvalue weighted by Crippen LogP contribution is 2.27. The SMILES string of the molecule is Cc1ccccc1-c1csc(NC(=O)Cn2c(=O)oc3cc([N+](=O)[O-])ccc32)n1. The maximum Gasteiger partial charge on any atom is 0.420 e. The van der Waals surface area contributed by atoms with E-state index < -0.39 is 16.6 Å².